The molecule has 2 unspecified atom stereocenters. The first-order valence-corrected chi connectivity index (χ1v) is 5.81. The van der Waals surface area contributed by atoms with Crippen LogP contribution in [0.25, 0.3) is 0 Å². The summed E-state index contributed by atoms with van der Waals surface area (Å²) in [6, 6.07) is 0. The van der Waals surface area contributed by atoms with Crippen molar-refractivity contribution >= 4 is 0 Å². The van der Waals surface area contributed by atoms with Gasteiger partial charge in [0, 0.05) is 19.4 Å². The van der Waals surface area contributed by atoms with Gasteiger partial charge in [-0.05, 0) is 25.2 Å². The fourth-order valence-electron chi connectivity index (χ4n) is 2.14. The van der Waals surface area contributed by atoms with Gasteiger partial charge in [0.15, 0.2) is 0 Å². The molecular weight excluding hydrogens is 240 g/mol. The van der Waals surface area contributed by atoms with E-state index in [0.717, 1.165) is 0 Å². The number of ether oxygens (including phenoxy) is 1. The van der Waals surface area contributed by atoms with Crippen molar-refractivity contribution in [3.05, 3.63) is 0 Å². The molecule has 0 heterocycles. The molecule has 0 aromatic rings. The Hall–Kier alpha value is -0.360. The Morgan fingerprint density at radius 1 is 1.35 bits per heavy atom. The molecule has 0 aliphatic heterocycles. The summed E-state index contributed by atoms with van der Waals surface area (Å²) in [6.07, 6.45) is -2.62. The maximum absolute atomic E-state index is 12.9. The van der Waals surface area contributed by atoms with Crippen LogP contribution in [0.4, 0.5) is 17.6 Å². The van der Waals surface area contributed by atoms with Gasteiger partial charge >= 0.3 is 0 Å². The molecule has 0 radical (unpaired) electrons. The Bertz CT molecular complexity index is 224. The van der Waals surface area contributed by atoms with Crippen molar-refractivity contribution in [1.29, 1.82) is 0 Å². The van der Waals surface area contributed by atoms with Gasteiger partial charge in [-0.1, -0.05) is 0 Å². The second-order valence-corrected chi connectivity index (χ2v) is 4.61. The van der Waals surface area contributed by atoms with Crippen molar-refractivity contribution in [3.63, 3.8) is 0 Å². The summed E-state index contributed by atoms with van der Waals surface area (Å²) in [6.45, 7) is -0.608. The molecule has 102 valence electrons. The molecule has 2 atom stereocenters. The Kier molecular flexibility index (Phi) is 5.66. The third-order valence-corrected chi connectivity index (χ3v) is 2.95. The van der Waals surface area contributed by atoms with E-state index >= 15 is 0 Å². The minimum absolute atomic E-state index is 0.0363. The van der Waals surface area contributed by atoms with Gasteiger partial charge in [0.05, 0.1) is 6.10 Å². The lowest BCUT2D eigenvalue weighted by molar-refractivity contribution is -0.00467. The van der Waals surface area contributed by atoms with Gasteiger partial charge in [-0.3, -0.25) is 0 Å². The minimum Gasteiger partial charge on any atom is -0.393 e. The fraction of sp³-hybridized carbons (Fsp3) is 1.00. The van der Waals surface area contributed by atoms with Gasteiger partial charge in [-0.15, -0.1) is 0 Å². The van der Waals surface area contributed by atoms with Crippen molar-refractivity contribution in [3.8, 4) is 0 Å². The third kappa shape index (κ3) is 6.21. The van der Waals surface area contributed by atoms with E-state index in [9.17, 15) is 22.7 Å². The lowest BCUT2D eigenvalue weighted by Gasteiger charge is -2.15. The maximum atomic E-state index is 12.9. The lowest BCUT2D eigenvalue weighted by Crippen LogP contribution is -2.17. The first-order valence-electron chi connectivity index (χ1n) is 5.81. The zero-order valence-corrected chi connectivity index (χ0v) is 9.55. The van der Waals surface area contributed by atoms with E-state index in [1.54, 1.807) is 0 Å². The highest BCUT2D eigenvalue weighted by Crippen LogP contribution is 2.40. The van der Waals surface area contributed by atoms with Crippen molar-refractivity contribution in [1.82, 2.24) is 0 Å². The van der Waals surface area contributed by atoms with E-state index in [1.165, 1.54) is 0 Å². The molecule has 0 spiro atoms. The van der Waals surface area contributed by atoms with Crippen LogP contribution in [-0.4, -0.2) is 36.8 Å². The topological polar surface area (TPSA) is 29.5 Å². The predicted molar refractivity (Wildman–Crippen MR) is 54.4 cm³/mol. The molecule has 1 N–H and O–H groups in total. The SMILES string of the molecule is OC(CCOCC(F)F)CC1CCC(F)(F)C1. The highest BCUT2D eigenvalue weighted by molar-refractivity contribution is 4.82. The molecule has 1 aliphatic rings. The van der Waals surface area contributed by atoms with Crippen molar-refractivity contribution in [2.24, 2.45) is 5.92 Å². The molecule has 6 heteroatoms. The zero-order valence-electron chi connectivity index (χ0n) is 9.55. The summed E-state index contributed by atoms with van der Waals surface area (Å²) >= 11 is 0. The summed E-state index contributed by atoms with van der Waals surface area (Å²) in [5.74, 6) is -2.77. The second-order valence-electron chi connectivity index (χ2n) is 4.61. The molecule has 2 nitrogen and oxygen atoms in total. The van der Waals surface area contributed by atoms with Crippen molar-refractivity contribution in [2.45, 2.75) is 50.6 Å². The summed E-state index contributed by atoms with van der Waals surface area (Å²) in [7, 11) is 0. The molecule has 0 amide bonds. The minimum atomic E-state index is -2.60. The summed E-state index contributed by atoms with van der Waals surface area (Å²) in [5, 5.41) is 9.53. The summed E-state index contributed by atoms with van der Waals surface area (Å²) in [5.41, 5.74) is 0. The van der Waals surface area contributed by atoms with Crippen LogP contribution in [0.3, 0.4) is 0 Å². The van der Waals surface area contributed by atoms with E-state index < -0.39 is 25.1 Å². The fourth-order valence-corrected chi connectivity index (χ4v) is 2.14. The number of aliphatic hydroxyl groups is 1. The highest BCUT2D eigenvalue weighted by atomic mass is 19.3. The first kappa shape index (κ1) is 14.7. The predicted octanol–water partition coefficient (Wildman–Crippen LogP) is 2.84. The number of aliphatic hydroxyl groups excluding tert-OH is 1. The average Bonchev–Trinajstić information content (AvgIpc) is 2.52. The monoisotopic (exact) mass is 258 g/mol. The molecule has 1 rings (SSSR count). The highest BCUT2D eigenvalue weighted by Gasteiger charge is 2.39. The van der Waals surface area contributed by atoms with Gasteiger partial charge in [-0.2, -0.15) is 0 Å². The molecule has 17 heavy (non-hydrogen) atoms. The second kappa shape index (κ2) is 6.54. The Morgan fingerprint density at radius 3 is 2.59 bits per heavy atom. The van der Waals surface area contributed by atoms with Crippen LogP contribution in [0.1, 0.15) is 32.1 Å². The van der Waals surface area contributed by atoms with Gasteiger partial charge in [-0.25, -0.2) is 17.6 Å². The Labute approximate surface area is 98.0 Å². The van der Waals surface area contributed by atoms with Gasteiger partial charge in [0.1, 0.15) is 6.61 Å². The normalized spacial score (nSPS) is 25.4. The summed E-state index contributed by atoms with van der Waals surface area (Å²) < 4.78 is 53.7. The van der Waals surface area contributed by atoms with Gasteiger partial charge in [0.25, 0.3) is 6.43 Å². The van der Waals surface area contributed by atoms with Crippen molar-refractivity contribution in [2.75, 3.05) is 13.2 Å². The summed E-state index contributed by atoms with van der Waals surface area (Å²) in [4.78, 5) is 0. The van der Waals surface area contributed by atoms with E-state index in [2.05, 4.69) is 4.74 Å². The zero-order chi connectivity index (χ0) is 12.9. The molecule has 1 fully saturated rings. The average molecular weight is 258 g/mol. The number of alkyl halides is 4. The smallest absolute Gasteiger partial charge is 0.261 e. The van der Waals surface area contributed by atoms with Crippen LogP contribution >= 0.6 is 0 Å². The van der Waals surface area contributed by atoms with Crippen LogP contribution in [0, 0.1) is 5.92 Å². The van der Waals surface area contributed by atoms with E-state index in [-0.39, 0.29) is 31.8 Å². The lowest BCUT2D eigenvalue weighted by atomic mass is 9.98. The Balaban J connectivity index is 2.07. The molecule has 0 bridgehead atoms. The molecule has 0 saturated heterocycles. The first-order chi connectivity index (χ1) is 7.89. The molecule has 1 saturated carbocycles. The number of hydrogen-bond donors (Lipinski definition) is 1. The van der Waals surface area contributed by atoms with Crippen molar-refractivity contribution < 1.29 is 27.4 Å². The Morgan fingerprint density at radius 2 is 2.06 bits per heavy atom. The number of hydrogen-bond acceptors (Lipinski definition) is 2. The van der Waals surface area contributed by atoms with Crippen LogP contribution in [0.5, 0.6) is 0 Å². The molecule has 0 aromatic heterocycles. The number of rotatable bonds is 7. The largest absolute Gasteiger partial charge is 0.393 e. The standard InChI is InChI=1S/C11H18F4O2/c12-10(13)7-17-4-2-9(16)5-8-1-3-11(14,15)6-8/h8-10,16H,1-7H2. The maximum Gasteiger partial charge on any atom is 0.261 e. The van der Waals surface area contributed by atoms with Crippen LogP contribution in [0.2, 0.25) is 0 Å². The van der Waals surface area contributed by atoms with E-state index in [0.29, 0.717) is 12.8 Å². The number of halogens is 4. The van der Waals surface area contributed by atoms with Crippen LogP contribution in [0.15, 0.2) is 0 Å². The molecule has 0 aromatic carbocycles. The van der Waals surface area contributed by atoms with Gasteiger partial charge in [0.2, 0.25) is 5.92 Å². The van der Waals surface area contributed by atoms with Crippen LogP contribution in [-0.2, 0) is 4.74 Å². The molecule has 1 aliphatic carbocycles. The van der Waals surface area contributed by atoms with Crippen LogP contribution < -0.4 is 0 Å². The molecular formula is C11H18F4O2. The quantitative estimate of drug-likeness (QED) is 0.562. The third-order valence-electron chi connectivity index (χ3n) is 2.95. The van der Waals surface area contributed by atoms with E-state index in [1.807, 2.05) is 0 Å². The van der Waals surface area contributed by atoms with Gasteiger partial charge < -0.3 is 9.84 Å². The van der Waals surface area contributed by atoms with E-state index in [4.69, 9.17) is 0 Å².